The highest BCUT2D eigenvalue weighted by Crippen LogP contribution is 2.65. The number of rotatable bonds is 2. The van der Waals surface area contributed by atoms with E-state index in [-0.39, 0.29) is 0 Å². The van der Waals surface area contributed by atoms with Crippen LogP contribution in [0.1, 0.15) is 142 Å². The van der Waals surface area contributed by atoms with Gasteiger partial charge in [0.25, 0.3) is 0 Å². The molecule has 7 aliphatic rings. The SMILES string of the molecule is CC1CCCC2CCCC(C3C4CCCCC4C(C4CCCC5CCCC(C)C54)C4CCCCC43)C12. The first-order valence-corrected chi connectivity index (χ1v) is 17.7. The summed E-state index contributed by atoms with van der Waals surface area (Å²) in [7, 11) is 0. The van der Waals surface area contributed by atoms with Gasteiger partial charge in [-0.1, -0.05) is 104 Å². The molecule has 7 fully saturated rings. The Labute approximate surface area is 224 Å². The van der Waals surface area contributed by atoms with E-state index in [1.807, 2.05) is 0 Å². The second kappa shape index (κ2) is 10.5. The first kappa shape index (κ1) is 25.0. The van der Waals surface area contributed by atoms with Crippen molar-refractivity contribution in [3.63, 3.8) is 0 Å². The quantitative estimate of drug-likeness (QED) is 0.359. The highest BCUT2D eigenvalue weighted by molar-refractivity contribution is 5.07. The Morgan fingerprint density at radius 3 is 0.944 bits per heavy atom. The van der Waals surface area contributed by atoms with Crippen molar-refractivity contribution in [2.45, 2.75) is 142 Å². The summed E-state index contributed by atoms with van der Waals surface area (Å²) in [6.45, 7) is 5.40. The van der Waals surface area contributed by atoms with E-state index in [4.69, 9.17) is 0 Å². The van der Waals surface area contributed by atoms with Gasteiger partial charge < -0.3 is 0 Å². The van der Waals surface area contributed by atoms with Crippen molar-refractivity contribution in [1.29, 1.82) is 0 Å². The lowest BCUT2D eigenvalue weighted by Gasteiger charge is -2.63. The van der Waals surface area contributed by atoms with Gasteiger partial charge in [0.05, 0.1) is 0 Å². The second-order valence-electron chi connectivity index (χ2n) is 16.1. The molecule has 0 heteroatoms. The summed E-state index contributed by atoms with van der Waals surface area (Å²) in [4.78, 5) is 0. The van der Waals surface area contributed by atoms with E-state index in [1.54, 1.807) is 128 Å². The van der Waals surface area contributed by atoms with Crippen molar-refractivity contribution in [2.24, 2.45) is 82.9 Å². The number of fused-ring (bicyclic) bond motifs is 4. The highest BCUT2D eigenvalue weighted by Gasteiger charge is 2.58. The van der Waals surface area contributed by atoms with Crippen LogP contribution >= 0.6 is 0 Å². The molecule has 0 saturated heterocycles. The van der Waals surface area contributed by atoms with Gasteiger partial charge in [-0.25, -0.2) is 0 Å². The second-order valence-corrected chi connectivity index (χ2v) is 16.1. The van der Waals surface area contributed by atoms with Gasteiger partial charge in [0.15, 0.2) is 0 Å². The molecule has 0 aromatic carbocycles. The molecule has 0 N–H and O–H groups in total. The molecule has 0 aliphatic heterocycles. The van der Waals surface area contributed by atoms with Crippen molar-refractivity contribution in [2.75, 3.05) is 0 Å². The van der Waals surface area contributed by atoms with Crippen LogP contribution in [0.25, 0.3) is 0 Å². The molecule has 7 saturated carbocycles. The van der Waals surface area contributed by atoms with Crippen LogP contribution in [0, 0.1) is 82.9 Å². The molecule has 36 heavy (non-hydrogen) atoms. The Bertz CT molecular complexity index is 648. The lowest BCUT2D eigenvalue weighted by Crippen LogP contribution is -2.57. The molecule has 0 aromatic heterocycles. The van der Waals surface area contributed by atoms with Crippen LogP contribution in [0.15, 0.2) is 0 Å². The van der Waals surface area contributed by atoms with Crippen molar-refractivity contribution < 1.29 is 0 Å². The molecular formula is C36H60. The van der Waals surface area contributed by atoms with Gasteiger partial charge in [-0.2, -0.15) is 0 Å². The summed E-state index contributed by atoms with van der Waals surface area (Å²) < 4.78 is 0. The van der Waals surface area contributed by atoms with E-state index in [0.29, 0.717) is 0 Å². The van der Waals surface area contributed by atoms with Crippen LogP contribution in [0.3, 0.4) is 0 Å². The van der Waals surface area contributed by atoms with Gasteiger partial charge >= 0.3 is 0 Å². The highest BCUT2D eigenvalue weighted by atomic mass is 14.6. The van der Waals surface area contributed by atoms with Crippen LogP contribution in [0.4, 0.5) is 0 Å². The van der Waals surface area contributed by atoms with Gasteiger partial charge in [-0.05, 0) is 121 Å². The smallest absolute Gasteiger partial charge is 0.0321 e. The third kappa shape index (κ3) is 4.19. The topological polar surface area (TPSA) is 0 Å². The molecule has 0 aromatic rings. The fraction of sp³-hybridized carbons (Fsp3) is 1.00. The van der Waals surface area contributed by atoms with E-state index >= 15 is 0 Å². The fourth-order valence-electron chi connectivity index (χ4n) is 14.0. The Morgan fingerprint density at radius 2 is 0.583 bits per heavy atom. The lowest BCUT2D eigenvalue weighted by molar-refractivity contribution is -0.148. The maximum atomic E-state index is 2.70. The summed E-state index contributed by atoms with van der Waals surface area (Å²) in [6.07, 6.45) is 31.8. The Morgan fingerprint density at radius 1 is 0.278 bits per heavy atom. The zero-order chi connectivity index (χ0) is 24.2. The molecule has 12 atom stereocenters. The van der Waals surface area contributed by atoms with Crippen molar-refractivity contribution in [1.82, 2.24) is 0 Å². The van der Waals surface area contributed by atoms with E-state index in [0.717, 1.165) is 82.9 Å². The van der Waals surface area contributed by atoms with E-state index in [9.17, 15) is 0 Å². The molecule has 7 aliphatic carbocycles. The maximum Gasteiger partial charge on any atom is -0.0321 e. The summed E-state index contributed by atoms with van der Waals surface area (Å²) in [5.74, 6) is 15.5. The standard InChI is InChI=1S/C36H60/c1-23-11-7-13-25-15-9-21-31(33(23)25)35-27-17-3-5-19-29(27)36(30-20-6-4-18-28(30)35)32-22-10-16-26-14-8-12-24(2)34(26)32/h23-36H,3-22H2,1-2H3. The Balaban J connectivity index is 1.25. The average molecular weight is 493 g/mol. The van der Waals surface area contributed by atoms with Crippen LogP contribution < -0.4 is 0 Å². The van der Waals surface area contributed by atoms with Gasteiger partial charge in [0, 0.05) is 0 Å². The monoisotopic (exact) mass is 492 g/mol. The maximum absolute atomic E-state index is 2.70. The Hall–Kier alpha value is 0. The normalized spacial score (nSPS) is 55.5. The molecule has 0 heterocycles. The lowest BCUT2D eigenvalue weighted by atomic mass is 9.42. The van der Waals surface area contributed by atoms with Crippen molar-refractivity contribution in [3.05, 3.63) is 0 Å². The molecule has 0 spiro atoms. The predicted molar refractivity (Wildman–Crippen MR) is 153 cm³/mol. The van der Waals surface area contributed by atoms with Crippen molar-refractivity contribution in [3.8, 4) is 0 Å². The minimum Gasteiger partial charge on any atom is -0.0622 e. The van der Waals surface area contributed by atoms with Gasteiger partial charge in [0.1, 0.15) is 0 Å². The van der Waals surface area contributed by atoms with E-state index in [2.05, 4.69) is 13.8 Å². The molecule has 0 radical (unpaired) electrons. The molecular weight excluding hydrogens is 432 g/mol. The van der Waals surface area contributed by atoms with Gasteiger partial charge in [0.2, 0.25) is 0 Å². The average Bonchev–Trinajstić information content (AvgIpc) is 2.91. The first-order valence-electron chi connectivity index (χ1n) is 17.7. The van der Waals surface area contributed by atoms with Crippen LogP contribution in [0.5, 0.6) is 0 Å². The zero-order valence-corrected chi connectivity index (χ0v) is 24.2. The van der Waals surface area contributed by atoms with Crippen molar-refractivity contribution >= 4 is 0 Å². The van der Waals surface area contributed by atoms with Crippen LogP contribution in [-0.4, -0.2) is 0 Å². The van der Waals surface area contributed by atoms with Gasteiger partial charge in [-0.3, -0.25) is 0 Å². The minimum atomic E-state index is 1.03. The Kier molecular flexibility index (Phi) is 7.31. The molecule has 204 valence electrons. The van der Waals surface area contributed by atoms with Crippen LogP contribution in [0.2, 0.25) is 0 Å². The third-order valence-corrected chi connectivity index (χ3v) is 14.8. The summed E-state index contributed by atoms with van der Waals surface area (Å²) >= 11 is 0. The summed E-state index contributed by atoms with van der Waals surface area (Å²) in [5, 5.41) is 0. The minimum absolute atomic E-state index is 1.03. The van der Waals surface area contributed by atoms with Gasteiger partial charge in [-0.15, -0.1) is 0 Å². The number of hydrogen-bond acceptors (Lipinski definition) is 0. The third-order valence-electron chi connectivity index (χ3n) is 14.8. The zero-order valence-electron chi connectivity index (χ0n) is 24.2. The largest absolute Gasteiger partial charge is 0.0622 e. The summed E-state index contributed by atoms with van der Waals surface area (Å²) in [6, 6.07) is 0. The molecule has 0 bridgehead atoms. The fourth-order valence-corrected chi connectivity index (χ4v) is 14.0. The molecule has 7 rings (SSSR count). The predicted octanol–water partition coefficient (Wildman–Crippen LogP) is 10.6. The van der Waals surface area contributed by atoms with E-state index < -0.39 is 0 Å². The molecule has 0 amide bonds. The van der Waals surface area contributed by atoms with E-state index in [1.165, 1.54) is 0 Å². The molecule has 0 nitrogen and oxygen atoms in total. The first-order chi connectivity index (χ1) is 17.7. The summed E-state index contributed by atoms with van der Waals surface area (Å²) in [5.41, 5.74) is 0. The molecule has 12 unspecified atom stereocenters. The number of hydrogen-bond donors (Lipinski definition) is 0. The van der Waals surface area contributed by atoms with Crippen LogP contribution in [-0.2, 0) is 0 Å².